The highest BCUT2D eigenvalue weighted by Gasteiger charge is 2.18. The summed E-state index contributed by atoms with van der Waals surface area (Å²) in [5.41, 5.74) is 3.37. The lowest BCUT2D eigenvalue weighted by molar-refractivity contribution is -0.116. The first-order valence-electron chi connectivity index (χ1n) is 10.1. The summed E-state index contributed by atoms with van der Waals surface area (Å²) in [5, 5.41) is 2.95. The summed E-state index contributed by atoms with van der Waals surface area (Å²) in [7, 11) is 1.78. The SMILES string of the molecule is Cn1ccnc1C(=O)c1ccc(NC(=O)CC(c2ccccc2)c2ccccc2)cc1. The van der Waals surface area contributed by atoms with Crippen molar-refractivity contribution in [3.63, 3.8) is 0 Å². The number of anilines is 1. The van der Waals surface area contributed by atoms with Crippen LogP contribution in [-0.4, -0.2) is 21.2 Å². The van der Waals surface area contributed by atoms with Crippen molar-refractivity contribution in [2.75, 3.05) is 5.32 Å². The van der Waals surface area contributed by atoms with E-state index in [1.807, 2.05) is 60.7 Å². The molecule has 0 saturated carbocycles. The second-order valence-electron chi connectivity index (χ2n) is 7.39. The highest BCUT2D eigenvalue weighted by atomic mass is 16.1. The Kier molecular flexibility index (Phi) is 6.03. The zero-order valence-electron chi connectivity index (χ0n) is 17.2. The summed E-state index contributed by atoms with van der Waals surface area (Å²) < 4.78 is 1.69. The van der Waals surface area contributed by atoms with E-state index in [0.717, 1.165) is 11.1 Å². The molecule has 5 heteroatoms. The number of ketones is 1. The van der Waals surface area contributed by atoms with Crippen LogP contribution in [-0.2, 0) is 11.8 Å². The molecule has 31 heavy (non-hydrogen) atoms. The summed E-state index contributed by atoms with van der Waals surface area (Å²) in [6, 6.07) is 27.0. The maximum Gasteiger partial charge on any atom is 0.228 e. The minimum absolute atomic E-state index is 0.0355. The van der Waals surface area contributed by atoms with Crippen LogP contribution in [0, 0.1) is 0 Å². The van der Waals surface area contributed by atoms with Crippen molar-refractivity contribution in [2.45, 2.75) is 12.3 Å². The first-order chi connectivity index (χ1) is 15.1. The van der Waals surface area contributed by atoms with Crippen molar-refractivity contribution in [2.24, 2.45) is 7.05 Å². The Balaban J connectivity index is 1.47. The monoisotopic (exact) mass is 409 g/mol. The predicted molar refractivity (Wildman–Crippen MR) is 121 cm³/mol. The van der Waals surface area contributed by atoms with Crippen LogP contribution in [0.15, 0.2) is 97.3 Å². The zero-order chi connectivity index (χ0) is 21.6. The largest absolute Gasteiger partial charge is 0.331 e. The number of amides is 1. The van der Waals surface area contributed by atoms with Gasteiger partial charge in [0.1, 0.15) is 0 Å². The molecule has 0 bridgehead atoms. The van der Waals surface area contributed by atoms with E-state index in [1.165, 1.54) is 0 Å². The van der Waals surface area contributed by atoms with Crippen LogP contribution in [0.2, 0.25) is 0 Å². The minimum atomic E-state index is -0.154. The zero-order valence-corrected chi connectivity index (χ0v) is 17.2. The molecule has 1 N–H and O–H groups in total. The molecule has 4 rings (SSSR count). The molecule has 1 aromatic heterocycles. The van der Waals surface area contributed by atoms with E-state index >= 15 is 0 Å². The molecule has 0 atom stereocenters. The lowest BCUT2D eigenvalue weighted by atomic mass is 9.88. The molecule has 0 saturated heterocycles. The van der Waals surface area contributed by atoms with Crippen molar-refractivity contribution in [1.29, 1.82) is 0 Å². The molecule has 1 amide bonds. The van der Waals surface area contributed by atoms with Crippen LogP contribution < -0.4 is 5.32 Å². The number of aryl methyl sites for hydroxylation is 1. The first-order valence-corrected chi connectivity index (χ1v) is 10.1. The molecule has 5 nitrogen and oxygen atoms in total. The molecule has 0 unspecified atom stereocenters. The van der Waals surface area contributed by atoms with Crippen molar-refractivity contribution < 1.29 is 9.59 Å². The molecule has 0 aliphatic rings. The second kappa shape index (κ2) is 9.22. The van der Waals surface area contributed by atoms with Gasteiger partial charge in [-0.1, -0.05) is 60.7 Å². The second-order valence-corrected chi connectivity index (χ2v) is 7.39. The van der Waals surface area contributed by atoms with Gasteiger partial charge in [-0.2, -0.15) is 0 Å². The van der Waals surface area contributed by atoms with E-state index < -0.39 is 0 Å². The number of carbonyl (C=O) groups excluding carboxylic acids is 2. The van der Waals surface area contributed by atoms with Crippen LogP contribution in [0.3, 0.4) is 0 Å². The van der Waals surface area contributed by atoms with E-state index in [-0.39, 0.29) is 17.6 Å². The van der Waals surface area contributed by atoms with Gasteiger partial charge in [0, 0.05) is 43.0 Å². The van der Waals surface area contributed by atoms with Crippen molar-refractivity contribution >= 4 is 17.4 Å². The number of imidazole rings is 1. The third kappa shape index (κ3) is 4.78. The molecule has 0 aliphatic heterocycles. The Morgan fingerprint density at radius 1 is 0.871 bits per heavy atom. The molecule has 1 heterocycles. The van der Waals surface area contributed by atoms with Gasteiger partial charge >= 0.3 is 0 Å². The lowest BCUT2D eigenvalue weighted by Crippen LogP contribution is -2.16. The fourth-order valence-corrected chi connectivity index (χ4v) is 3.61. The topological polar surface area (TPSA) is 64.0 Å². The van der Waals surface area contributed by atoms with E-state index in [2.05, 4.69) is 10.3 Å². The molecular weight excluding hydrogens is 386 g/mol. The molecule has 0 spiro atoms. The lowest BCUT2D eigenvalue weighted by Gasteiger charge is -2.18. The van der Waals surface area contributed by atoms with E-state index in [9.17, 15) is 9.59 Å². The van der Waals surface area contributed by atoms with Gasteiger partial charge in [0.2, 0.25) is 11.7 Å². The normalized spacial score (nSPS) is 10.8. The fraction of sp³-hybridized carbons (Fsp3) is 0.115. The maximum absolute atomic E-state index is 12.8. The van der Waals surface area contributed by atoms with Crippen molar-refractivity contribution in [3.05, 3.63) is 120 Å². The molecule has 0 aliphatic carbocycles. The number of nitrogens with one attached hydrogen (secondary N) is 1. The molecule has 154 valence electrons. The van der Waals surface area contributed by atoms with Gasteiger partial charge in [-0.3, -0.25) is 9.59 Å². The molecule has 0 radical (unpaired) electrons. The summed E-state index contributed by atoms with van der Waals surface area (Å²) in [5.74, 6) is 0.108. The summed E-state index contributed by atoms with van der Waals surface area (Å²) >= 11 is 0. The number of hydrogen-bond donors (Lipinski definition) is 1. The number of aromatic nitrogens is 2. The standard InChI is InChI=1S/C26H23N3O2/c1-29-17-16-27-26(29)25(31)21-12-14-22(15-13-21)28-24(30)18-23(19-8-4-2-5-9-19)20-10-6-3-7-11-20/h2-17,23H,18H2,1H3,(H,28,30). The van der Waals surface area contributed by atoms with Crippen LogP contribution in [0.5, 0.6) is 0 Å². The average molecular weight is 409 g/mol. The predicted octanol–water partition coefficient (Wildman–Crippen LogP) is 4.81. The third-order valence-electron chi connectivity index (χ3n) is 5.25. The Labute approximate surface area is 181 Å². The van der Waals surface area contributed by atoms with Crippen molar-refractivity contribution in [1.82, 2.24) is 9.55 Å². The first kappa shape index (κ1) is 20.3. The Morgan fingerprint density at radius 2 is 1.45 bits per heavy atom. The Morgan fingerprint density at radius 3 is 1.97 bits per heavy atom. The molecule has 4 aromatic rings. The van der Waals surface area contributed by atoms with Crippen LogP contribution in [0.4, 0.5) is 5.69 Å². The number of rotatable bonds is 7. The maximum atomic E-state index is 12.8. The number of benzene rings is 3. The van der Waals surface area contributed by atoms with Gasteiger partial charge < -0.3 is 9.88 Å². The minimum Gasteiger partial charge on any atom is -0.331 e. The van der Waals surface area contributed by atoms with Gasteiger partial charge in [-0.15, -0.1) is 0 Å². The quantitative estimate of drug-likeness (QED) is 0.446. The van der Waals surface area contributed by atoms with Crippen molar-refractivity contribution in [3.8, 4) is 0 Å². The molecular formula is C26H23N3O2. The van der Waals surface area contributed by atoms with E-state index in [4.69, 9.17) is 0 Å². The molecule has 3 aromatic carbocycles. The summed E-state index contributed by atoms with van der Waals surface area (Å²) in [4.78, 5) is 29.5. The summed E-state index contributed by atoms with van der Waals surface area (Å²) in [6.45, 7) is 0. The van der Waals surface area contributed by atoms with E-state index in [1.54, 1.807) is 48.3 Å². The third-order valence-corrected chi connectivity index (χ3v) is 5.25. The van der Waals surface area contributed by atoms with Gasteiger partial charge in [-0.05, 0) is 35.4 Å². The van der Waals surface area contributed by atoms with E-state index in [0.29, 0.717) is 23.5 Å². The van der Waals surface area contributed by atoms with Gasteiger partial charge in [0.05, 0.1) is 0 Å². The van der Waals surface area contributed by atoms with Crippen LogP contribution >= 0.6 is 0 Å². The van der Waals surface area contributed by atoms with Gasteiger partial charge in [-0.25, -0.2) is 4.98 Å². The number of hydrogen-bond acceptors (Lipinski definition) is 3. The average Bonchev–Trinajstić information content (AvgIpc) is 3.24. The number of nitrogens with zero attached hydrogens (tertiary/aromatic N) is 2. The van der Waals surface area contributed by atoms with Crippen LogP contribution in [0.1, 0.15) is 39.6 Å². The smallest absolute Gasteiger partial charge is 0.228 e. The van der Waals surface area contributed by atoms with Gasteiger partial charge in [0.25, 0.3) is 0 Å². The summed E-state index contributed by atoms with van der Waals surface area (Å²) in [6.07, 6.45) is 3.65. The van der Waals surface area contributed by atoms with Gasteiger partial charge in [0.15, 0.2) is 5.82 Å². The highest BCUT2D eigenvalue weighted by molar-refractivity contribution is 6.07. The molecule has 0 fully saturated rings. The van der Waals surface area contributed by atoms with Crippen LogP contribution in [0.25, 0.3) is 0 Å². The number of carbonyl (C=O) groups is 2. The Hall–Kier alpha value is -3.99. The Bertz CT molecular complexity index is 1130. The fourth-order valence-electron chi connectivity index (χ4n) is 3.61. The highest BCUT2D eigenvalue weighted by Crippen LogP contribution is 2.28.